The van der Waals surface area contributed by atoms with Crippen LogP contribution in [0.4, 0.5) is 11.6 Å². The Morgan fingerprint density at radius 1 is 1.24 bits per heavy atom. The van der Waals surface area contributed by atoms with Crippen molar-refractivity contribution in [2.75, 3.05) is 12.4 Å². The second kappa shape index (κ2) is 6.20. The lowest BCUT2D eigenvalue weighted by atomic mass is 9.95. The van der Waals surface area contributed by atoms with Gasteiger partial charge in [0.2, 0.25) is 5.95 Å². The van der Waals surface area contributed by atoms with E-state index in [0.717, 1.165) is 17.4 Å². The molecule has 1 aliphatic rings. The molecule has 1 heterocycles. The number of hydrogen-bond acceptors (Lipinski definition) is 3. The number of imidazole rings is 1. The van der Waals surface area contributed by atoms with Crippen LogP contribution in [0.5, 0.6) is 5.75 Å². The summed E-state index contributed by atoms with van der Waals surface area (Å²) in [5, 5.41) is 3.44. The topological polar surface area (TPSA) is 39.1 Å². The maximum atomic E-state index is 5.43. The summed E-state index contributed by atoms with van der Waals surface area (Å²) in [5.74, 6) is 1.75. The first-order chi connectivity index (χ1) is 10.3. The number of methoxy groups -OCH3 is 1. The van der Waals surface area contributed by atoms with Crippen LogP contribution in [-0.4, -0.2) is 16.7 Å². The van der Waals surface area contributed by atoms with Crippen LogP contribution in [0.3, 0.4) is 0 Å². The fourth-order valence-electron chi connectivity index (χ4n) is 3.10. The molecule has 1 aromatic carbocycles. The summed E-state index contributed by atoms with van der Waals surface area (Å²) in [6.45, 7) is 2.08. The minimum absolute atomic E-state index is 0.569. The lowest BCUT2D eigenvalue weighted by molar-refractivity contribution is 0.356. The molecule has 0 bridgehead atoms. The van der Waals surface area contributed by atoms with Gasteiger partial charge in [0.05, 0.1) is 12.8 Å². The average molecular weight is 285 g/mol. The predicted octanol–water partition coefficient (Wildman–Crippen LogP) is 4.45. The summed E-state index contributed by atoms with van der Waals surface area (Å²) < 4.78 is 7.71. The number of nitrogens with zero attached hydrogens (tertiary/aromatic N) is 2. The van der Waals surface area contributed by atoms with Crippen LogP contribution in [0.1, 0.15) is 43.7 Å². The molecule has 0 atom stereocenters. The molecule has 0 unspecified atom stereocenters. The number of anilines is 2. The molecule has 0 spiro atoms. The Morgan fingerprint density at radius 2 is 2.05 bits per heavy atom. The maximum Gasteiger partial charge on any atom is 0.207 e. The smallest absolute Gasteiger partial charge is 0.207 e. The second-order valence-corrected chi connectivity index (χ2v) is 5.78. The zero-order valence-electron chi connectivity index (χ0n) is 12.8. The molecule has 3 rings (SSSR count). The molecule has 2 aromatic rings. The van der Waals surface area contributed by atoms with Crippen LogP contribution in [0.2, 0.25) is 0 Å². The Labute approximate surface area is 126 Å². The van der Waals surface area contributed by atoms with Crippen molar-refractivity contribution in [1.82, 2.24) is 9.55 Å². The molecule has 0 amide bonds. The number of rotatable bonds is 4. The summed E-state index contributed by atoms with van der Waals surface area (Å²) in [4.78, 5) is 4.49. The highest BCUT2D eigenvalue weighted by molar-refractivity contribution is 5.63. The van der Waals surface area contributed by atoms with Crippen molar-refractivity contribution >= 4 is 11.6 Å². The molecule has 112 valence electrons. The second-order valence-electron chi connectivity index (χ2n) is 5.78. The number of aromatic nitrogens is 2. The summed E-state index contributed by atoms with van der Waals surface area (Å²) in [6, 6.07) is 6.71. The zero-order valence-corrected chi connectivity index (χ0v) is 12.8. The van der Waals surface area contributed by atoms with E-state index in [2.05, 4.69) is 40.1 Å². The molecule has 1 N–H and O–H groups in total. The first kappa shape index (κ1) is 14.0. The van der Waals surface area contributed by atoms with Gasteiger partial charge in [-0.2, -0.15) is 0 Å². The van der Waals surface area contributed by atoms with Crippen molar-refractivity contribution in [3.8, 4) is 5.75 Å². The van der Waals surface area contributed by atoms with E-state index in [1.165, 1.54) is 37.7 Å². The number of aryl methyl sites for hydroxylation is 1. The van der Waals surface area contributed by atoms with Crippen LogP contribution in [0.25, 0.3) is 0 Å². The van der Waals surface area contributed by atoms with Crippen molar-refractivity contribution in [2.45, 2.75) is 45.1 Å². The molecule has 0 saturated heterocycles. The molecule has 1 fully saturated rings. The number of nitrogens with one attached hydrogen (secondary N) is 1. The van der Waals surface area contributed by atoms with Crippen LogP contribution in [0, 0.1) is 6.92 Å². The summed E-state index contributed by atoms with van der Waals surface area (Å²) in [6.07, 6.45) is 10.4. The Morgan fingerprint density at radius 3 is 2.81 bits per heavy atom. The van der Waals surface area contributed by atoms with Crippen molar-refractivity contribution in [3.05, 3.63) is 36.2 Å². The third-order valence-electron chi connectivity index (χ3n) is 4.24. The van der Waals surface area contributed by atoms with Crippen molar-refractivity contribution in [2.24, 2.45) is 0 Å². The van der Waals surface area contributed by atoms with Crippen LogP contribution in [0.15, 0.2) is 30.6 Å². The number of hydrogen-bond donors (Lipinski definition) is 1. The van der Waals surface area contributed by atoms with E-state index in [4.69, 9.17) is 4.74 Å². The lowest BCUT2D eigenvalue weighted by Gasteiger charge is -2.25. The molecule has 4 heteroatoms. The Bertz CT molecular complexity index is 600. The van der Waals surface area contributed by atoms with E-state index in [-0.39, 0.29) is 0 Å². The van der Waals surface area contributed by atoms with Gasteiger partial charge in [0.15, 0.2) is 0 Å². The van der Waals surface area contributed by atoms with Gasteiger partial charge in [-0.3, -0.25) is 0 Å². The van der Waals surface area contributed by atoms with E-state index in [0.29, 0.717) is 6.04 Å². The number of ether oxygens (including phenoxy) is 1. The van der Waals surface area contributed by atoms with Crippen molar-refractivity contribution in [1.29, 1.82) is 0 Å². The molecule has 0 aliphatic heterocycles. The highest BCUT2D eigenvalue weighted by Gasteiger charge is 2.18. The highest BCUT2D eigenvalue weighted by atomic mass is 16.5. The Kier molecular flexibility index (Phi) is 4.13. The molecule has 0 radical (unpaired) electrons. The summed E-state index contributed by atoms with van der Waals surface area (Å²) in [5.41, 5.74) is 2.18. The molecule has 21 heavy (non-hydrogen) atoms. The van der Waals surface area contributed by atoms with Crippen LogP contribution < -0.4 is 10.1 Å². The Hall–Kier alpha value is -1.97. The highest BCUT2D eigenvalue weighted by Crippen LogP contribution is 2.33. The van der Waals surface area contributed by atoms with Crippen molar-refractivity contribution < 1.29 is 4.74 Å². The molecular formula is C17H23N3O. The molecule has 4 nitrogen and oxygen atoms in total. The number of benzene rings is 1. The minimum Gasteiger partial charge on any atom is -0.495 e. The van der Waals surface area contributed by atoms with Gasteiger partial charge >= 0.3 is 0 Å². The fourth-order valence-corrected chi connectivity index (χ4v) is 3.10. The van der Waals surface area contributed by atoms with E-state index < -0.39 is 0 Å². The molecule has 1 aliphatic carbocycles. The molecule has 1 aromatic heterocycles. The summed E-state index contributed by atoms with van der Waals surface area (Å²) >= 11 is 0. The average Bonchev–Trinajstić information content (AvgIpc) is 2.96. The monoisotopic (exact) mass is 285 g/mol. The van der Waals surface area contributed by atoms with E-state index in [1.807, 2.05) is 12.3 Å². The first-order valence-corrected chi connectivity index (χ1v) is 7.72. The Balaban J connectivity index is 1.85. The van der Waals surface area contributed by atoms with Gasteiger partial charge < -0.3 is 14.6 Å². The van der Waals surface area contributed by atoms with Gasteiger partial charge in [0.25, 0.3) is 0 Å². The largest absolute Gasteiger partial charge is 0.495 e. The maximum absolute atomic E-state index is 5.43. The SMILES string of the molecule is COc1ccc(C)cc1Nc1nccn1C1CCCCC1. The lowest BCUT2D eigenvalue weighted by Crippen LogP contribution is -2.14. The van der Waals surface area contributed by atoms with Gasteiger partial charge in [0.1, 0.15) is 5.75 Å². The zero-order chi connectivity index (χ0) is 14.7. The van der Waals surface area contributed by atoms with Crippen molar-refractivity contribution in [3.63, 3.8) is 0 Å². The molecular weight excluding hydrogens is 262 g/mol. The summed E-state index contributed by atoms with van der Waals surface area (Å²) in [7, 11) is 1.70. The van der Waals surface area contributed by atoms with E-state index in [1.54, 1.807) is 7.11 Å². The third kappa shape index (κ3) is 3.04. The van der Waals surface area contributed by atoms with Crippen LogP contribution >= 0.6 is 0 Å². The van der Waals surface area contributed by atoms with Gasteiger partial charge in [-0.15, -0.1) is 0 Å². The minimum atomic E-state index is 0.569. The quantitative estimate of drug-likeness (QED) is 0.902. The fraction of sp³-hybridized carbons (Fsp3) is 0.471. The van der Waals surface area contributed by atoms with Crippen LogP contribution in [-0.2, 0) is 0 Å². The normalized spacial score (nSPS) is 15.9. The standard InChI is InChI=1S/C17H23N3O/c1-13-8-9-16(21-2)15(12-13)19-17-18-10-11-20(17)14-6-4-3-5-7-14/h8-12,14H,3-7H2,1-2H3,(H,18,19). The predicted molar refractivity (Wildman–Crippen MR) is 85.4 cm³/mol. The van der Waals surface area contributed by atoms with Gasteiger partial charge in [0, 0.05) is 18.4 Å². The third-order valence-corrected chi connectivity index (χ3v) is 4.24. The van der Waals surface area contributed by atoms with E-state index in [9.17, 15) is 0 Å². The van der Waals surface area contributed by atoms with E-state index >= 15 is 0 Å². The molecule has 1 saturated carbocycles. The van der Waals surface area contributed by atoms with Gasteiger partial charge in [-0.1, -0.05) is 25.3 Å². The van der Waals surface area contributed by atoms with Gasteiger partial charge in [-0.25, -0.2) is 4.98 Å². The first-order valence-electron chi connectivity index (χ1n) is 7.72. The van der Waals surface area contributed by atoms with Gasteiger partial charge in [-0.05, 0) is 37.5 Å².